The summed E-state index contributed by atoms with van der Waals surface area (Å²) < 4.78 is 0.910. The molecular formula is C24H22BrN3O2. The van der Waals surface area contributed by atoms with E-state index in [0.29, 0.717) is 29.8 Å². The smallest absolute Gasteiger partial charge is 0.254 e. The van der Waals surface area contributed by atoms with Crippen molar-refractivity contribution in [3.05, 3.63) is 99.8 Å². The molecule has 152 valence electrons. The Kier molecular flexibility index (Phi) is 6.35. The van der Waals surface area contributed by atoms with Crippen LogP contribution < -0.4 is 0 Å². The van der Waals surface area contributed by atoms with E-state index in [1.807, 2.05) is 35.4 Å². The van der Waals surface area contributed by atoms with Crippen LogP contribution in [0.5, 0.6) is 0 Å². The van der Waals surface area contributed by atoms with Crippen molar-refractivity contribution in [2.24, 2.45) is 0 Å². The van der Waals surface area contributed by atoms with Gasteiger partial charge in [-0.3, -0.25) is 19.5 Å². The fraction of sp³-hybridized carbons (Fsp3) is 0.208. The summed E-state index contributed by atoms with van der Waals surface area (Å²) in [5.41, 5.74) is 2.65. The number of piperazine rings is 1. The zero-order valence-corrected chi connectivity index (χ0v) is 18.1. The fourth-order valence-electron chi connectivity index (χ4n) is 3.65. The highest BCUT2D eigenvalue weighted by Gasteiger charge is 2.25. The van der Waals surface area contributed by atoms with Crippen molar-refractivity contribution in [2.45, 2.75) is 6.54 Å². The molecule has 2 heterocycles. The molecule has 0 atom stereocenters. The van der Waals surface area contributed by atoms with Crippen molar-refractivity contribution < 1.29 is 9.59 Å². The van der Waals surface area contributed by atoms with Crippen LogP contribution >= 0.6 is 15.9 Å². The highest BCUT2D eigenvalue weighted by molar-refractivity contribution is 9.10. The Hall–Kier alpha value is -2.83. The van der Waals surface area contributed by atoms with Gasteiger partial charge in [-0.15, -0.1) is 0 Å². The molecule has 0 spiro atoms. The van der Waals surface area contributed by atoms with Crippen LogP contribution in [0.4, 0.5) is 0 Å². The Bertz CT molecular complexity index is 1030. The number of aromatic nitrogens is 1. The van der Waals surface area contributed by atoms with E-state index in [-0.39, 0.29) is 11.7 Å². The number of nitrogens with zero attached hydrogens (tertiary/aromatic N) is 3. The molecular weight excluding hydrogens is 442 g/mol. The Morgan fingerprint density at radius 1 is 0.867 bits per heavy atom. The van der Waals surface area contributed by atoms with Gasteiger partial charge in [0, 0.05) is 60.7 Å². The molecule has 30 heavy (non-hydrogen) atoms. The molecule has 0 radical (unpaired) electrons. The van der Waals surface area contributed by atoms with E-state index < -0.39 is 0 Å². The van der Waals surface area contributed by atoms with Gasteiger partial charge in [-0.2, -0.15) is 0 Å². The van der Waals surface area contributed by atoms with Gasteiger partial charge in [-0.25, -0.2) is 0 Å². The zero-order valence-electron chi connectivity index (χ0n) is 16.5. The third-order valence-corrected chi connectivity index (χ3v) is 5.83. The number of pyridine rings is 1. The van der Waals surface area contributed by atoms with Crippen molar-refractivity contribution >= 4 is 27.6 Å². The topological polar surface area (TPSA) is 53.5 Å². The van der Waals surface area contributed by atoms with Crippen LogP contribution in [-0.2, 0) is 6.54 Å². The number of amides is 1. The van der Waals surface area contributed by atoms with E-state index in [9.17, 15) is 9.59 Å². The third-order valence-electron chi connectivity index (χ3n) is 5.30. The molecule has 0 unspecified atom stereocenters. The van der Waals surface area contributed by atoms with E-state index in [2.05, 4.69) is 31.9 Å². The maximum Gasteiger partial charge on any atom is 0.254 e. The number of hydrogen-bond donors (Lipinski definition) is 0. The van der Waals surface area contributed by atoms with E-state index in [1.54, 1.807) is 36.5 Å². The molecule has 1 saturated heterocycles. The molecule has 3 aromatic rings. The first kappa shape index (κ1) is 20.4. The van der Waals surface area contributed by atoms with Crippen LogP contribution in [0.15, 0.2) is 77.5 Å². The maximum atomic E-state index is 13.2. The van der Waals surface area contributed by atoms with Crippen LogP contribution in [0.3, 0.4) is 0 Å². The lowest BCUT2D eigenvalue weighted by Gasteiger charge is -2.35. The molecule has 2 aromatic carbocycles. The Morgan fingerprint density at radius 2 is 1.57 bits per heavy atom. The number of carbonyl (C=O) groups is 2. The first-order chi connectivity index (χ1) is 14.6. The number of benzene rings is 2. The van der Waals surface area contributed by atoms with Gasteiger partial charge in [0.15, 0.2) is 5.78 Å². The van der Waals surface area contributed by atoms with Crippen molar-refractivity contribution in [2.75, 3.05) is 26.2 Å². The summed E-state index contributed by atoms with van der Waals surface area (Å²) in [6.45, 7) is 3.70. The number of carbonyl (C=O) groups excluding carboxylic acids is 2. The third kappa shape index (κ3) is 4.66. The molecule has 5 nitrogen and oxygen atoms in total. The number of halogens is 1. The van der Waals surface area contributed by atoms with E-state index in [1.165, 1.54) is 5.56 Å². The molecule has 0 aliphatic carbocycles. The average Bonchev–Trinajstić information content (AvgIpc) is 2.80. The van der Waals surface area contributed by atoms with Crippen molar-refractivity contribution in [1.29, 1.82) is 0 Å². The monoisotopic (exact) mass is 463 g/mol. The molecule has 1 fully saturated rings. The Labute approximate surface area is 184 Å². The zero-order chi connectivity index (χ0) is 20.9. The second-order valence-corrected chi connectivity index (χ2v) is 8.23. The molecule has 0 N–H and O–H groups in total. The molecule has 1 aliphatic heterocycles. The lowest BCUT2D eigenvalue weighted by Crippen LogP contribution is -2.48. The first-order valence-corrected chi connectivity index (χ1v) is 10.7. The quantitative estimate of drug-likeness (QED) is 0.535. The second-order valence-electron chi connectivity index (χ2n) is 7.31. The standard InChI is InChI=1S/C24H22BrN3O2/c25-20-9-7-19(8-10-20)23(29)21-5-1-2-6-22(21)24(30)28-14-12-27(13-15-28)17-18-4-3-11-26-16-18/h1-11,16H,12-15,17H2. The Balaban J connectivity index is 1.45. The summed E-state index contributed by atoms with van der Waals surface area (Å²) in [7, 11) is 0. The second kappa shape index (κ2) is 9.32. The molecule has 4 rings (SSSR count). The first-order valence-electron chi connectivity index (χ1n) is 9.91. The van der Waals surface area contributed by atoms with Gasteiger partial charge in [0.25, 0.3) is 5.91 Å². The lowest BCUT2D eigenvalue weighted by atomic mass is 9.97. The van der Waals surface area contributed by atoms with Crippen molar-refractivity contribution in [1.82, 2.24) is 14.8 Å². The largest absolute Gasteiger partial charge is 0.336 e. The summed E-state index contributed by atoms with van der Waals surface area (Å²) in [5, 5.41) is 0. The highest BCUT2D eigenvalue weighted by atomic mass is 79.9. The summed E-state index contributed by atoms with van der Waals surface area (Å²) in [6, 6.07) is 18.3. The minimum absolute atomic E-state index is 0.0860. The summed E-state index contributed by atoms with van der Waals surface area (Å²) in [5.74, 6) is -0.223. The number of hydrogen-bond acceptors (Lipinski definition) is 4. The van der Waals surface area contributed by atoms with Gasteiger partial charge in [0.2, 0.25) is 0 Å². The predicted molar refractivity (Wildman–Crippen MR) is 119 cm³/mol. The summed E-state index contributed by atoms with van der Waals surface area (Å²) in [6.07, 6.45) is 3.65. The predicted octanol–water partition coefficient (Wildman–Crippen LogP) is 4.03. The maximum absolute atomic E-state index is 13.2. The van der Waals surface area contributed by atoms with Gasteiger partial charge >= 0.3 is 0 Å². The van der Waals surface area contributed by atoms with E-state index in [4.69, 9.17) is 0 Å². The summed E-state index contributed by atoms with van der Waals surface area (Å²) in [4.78, 5) is 34.6. The summed E-state index contributed by atoms with van der Waals surface area (Å²) >= 11 is 3.39. The molecule has 0 saturated carbocycles. The molecule has 1 amide bonds. The Morgan fingerprint density at radius 3 is 2.23 bits per heavy atom. The van der Waals surface area contributed by atoms with Gasteiger partial charge < -0.3 is 4.90 Å². The van der Waals surface area contributed by atoms with Crippen molar-refractivity contribution in [3.8, 4) is 0 Å². The minimum atomic E-state index is -0.137. The molecule has 1 aliphatic rings. The normalized spacial score (nSPS) is 14.5. The van der Waals surface area contributed by atoms with Crippen LogP contribution in [-0.4, -0.2) is 52.7 Å². The van der Waals surface area contributed by atoms with Crippen LogP contribution in [0, 0.1) is 0 Å². The van der Waals surface area contributed by atoms with Gasteiger partial charge in [0.05, 0.1) is 5.56 Å². The van der Waals surface area contributed by atoms with Gasteiger partial charge in [-0.05, 0) is 42.0 Å². The SMILES string of the molecule is O=C(c1ccc(Br)cc1)c1ccccc1C(=O)N1CCN(Cc2cccnc2)CC1. The van der Waals surface area contributed by atoms with Gasteiger partial charge in [0.1, 0.15) is 0 Å². The minimum Gasteiger partial charge on any atom is -0.336 e. The van der Waals surface area contributed by atoms with E-state index >= 15 is 0 Å². The van der Waals surface area contributed by atoms with Crippen LogP contribution in [0.1, 0.15) is 31.8 Å². The van der Waals surface area contributed by atoms with Crippen molar-refractivity contribution in [3.63, 3.8) is 0 Å². The highest BCUT2D eigenvalue weighted by Crippen LogP contribution is 2.19. The van der Waals surface area contributed by atoms with E-state index in [0.717, 1.165) is 24.1 Å². The number of rotatable bonds is 5. The van der Waals surface area contributed by atoms with Gasteiger partial charge in [-0.1, -0.05) is 40.2 Å². The van der Waals surface area contributed by atoms with Crippen LogP contribution in [0.2, 0.25) is 0 Å². The molecule has 1 aromatic heterocycles. The average molecular weight is 464 g/mol. The number of ketones is 1. The molecule has 0 bridgehead atoms. The molecule has 6 heteroatoms. The lowest BCUT2D eigenvalue weighted by molar-refractivity contribution is 0.0625. The fourth-order valence-corrected chi connectivity index (χ4v) is 3.92. The van der Waals surface area contributed by atoms with Crippen LogP contribution in [0.25, 0.3) is 0 Å².